The van der Waals surface area contributed by atoms with Gasteiger partial charge in [0.05, 0.1) is 28.1 Å². The van der Waals surface area contributed by atoms with E-state index in [1.165, 1.54) is 89.5 Å². The Hall–Kier alpha value is -5.80. The standard InChI is InChI=1S/C46H37N3/c1-30-21-23-32(24-22-30)47-40-26-25-33(27-36(40)37-28-39-35(29-45(37)47)34-15-7-8-16-38(34)46(39,2)3)49-43-19-11-9-17-41(43)48(31-13-5-4-6-14-31)42-18-10-12-20-44(42)49/h4-9,11-17,19-29H,10,18H2,1-3H3. The van der Waals surface area contributed by atoms with Crippen molar-refractivity contribution < 1.29 is 0 Å². The van der Waals surface area contributed by atoms with E-state index in [0.717, 1.165) is 12.8 Å². The summed E-state index contributed by atoms with van der Waals surface area (Å²) < 4.78 is 2.47. The number of fused-ring (bicyclic) bond motifs is 7. The molecule has 0 atom stereocenters. The number of anilines is 4. The Morgan fingerprint density at radius 1 is 0.551 bits per heavy atom. The highest BCUT2D eigenvalue weighted by molar-refractivity contribution is 6.13. The number of rotatable bonds is 3. The number of aryl methyl sites for hydroxylation is 1. The van der Waals surface area contributed by atoms with E-state index in [-0.39, 0.29) is 5.41 Å². The number of nitrogens with zero attached hydrogens (tertiary/aromatic N) is 3. The van der Waals surface area contributed by atoms with Crippen molar-refractivity contribution in [3.05, 3.63) is 174 Å². The molecule has 3 heteroatoms. The second kappa shape index (κ2) is 10.3. The molecule has 2 heterocycles. The van der Waals surface area contributed by atoms with Crippen LogP contribution in [-0.2, 0) is 5.41 Å². The predicted octanol–water partition coefficient (Wildman–Crippen LogP) is 12.2. The minimum absolute atomic E-state index is 0.0741. The Morgan fingerprint density at radius 3 is 2.06 bits per heavy atom. The third-order valence-electron chi connectivity index (χ3n) is 11.0. The average molecular weight is 632 g/mol. The summed E-state index contributed by atoms with van der Waals surface area (Å²) in [6.45, 7) is 6.91. The van der Waals surface area contributed by atoms with E-state index in [0.29, 0.717) is 0 Å². The zero-order valence-electron chi connectivity index (χ0n) is 28.1. The van der Waals surface area contributed by atoms with Crippen LogP contribution in [0.3, 0.4) is 0 Å². The maximum atomic E-state index is 2.49. The molecule has 1 aromatic heterocycles. The second-order valence-corrected chi connectivity index (χ2v) is 14.2. The molecule has 0 saturated heterocycles. The summed E-state index contributed by atoms with van der Waals surface area (Å²) in [7, 11) is 0. The van der Waals surface area contributed by atoms with Crippen LogP contribution in [-0.4, -0.2) is 4.57 Å². The molecule has 7 aromatic rings. The summed E-state index contributed by atoms with van der Waals surface area (Å²) in [6.07, 6.45) is 6.68. The van der Waals surface area contributed by atoms with Crippen LogP contribution < -0.4 is 9.80 Å². The third-order valence-corrected chi connectivity index (χ3v) is 11.0. The van der Waals surface area contributed by atoms with E-state index in [4.69, 9.17) is 0 Å². The lowest BCUT2D eigenvalue weighted by molar-refractivity contribution is 0.661. The number of benzene rings is 6. The van der Waals surface area contributed by atoms with E-state index < -0.39 is 0 Å². The smallest absolute Gasteiger partial charge is 0.0703 e. The maximum absolute atomic E-state index is 2.49. The fourth-order valence-electron chi connectivity index (χ4n) is 8.65. The first-order chi connectivity index (χ1) is 24.0. The highest BCUT2D eigenvalue weighted by Crippen LogP contribution is 2.53. The topological polar surface area (TPSA) is 11.4 Å². The largest absolute Gasteiger partial charge is 0.310 e. The van der Waals surface area contributed by atoms with Crippen molar-refractivity contribution in [3.8, 4) is 16.8 Å². The number of hydrogen-bond acceptors (Lipinski definition) is 2. The lowest BCUT2D eigenvalue weighted by Crippen LogP contribution is -2.32. The fraction of sp³-hybridized carbons (Fsp3) is 0.130. The van der Waals surface area contributed by atoms with Gasteiger partial charge in [-0.15, -0.1) is 0 Å². The van der Waals surface area contributed by atoms with Crippen LogP contribution in [0.15, 0.2) is 157 Å². The SMILES string of the molecule is Cc1ccc(-n2c3ccc(N4C5=C(CCC=C5)N(c5ccccc5)c5ccccc54)cc3c3cc4c(cc32)-c2ccccc2C4(C)C)cc1. The van der Waals surface area contributed by atoms with Crippen molar-refractivity contribution in [2.24, 2.45) is 0 Å². The van der Waals surface area contributed by atoms with E-state index in [9.17, 15) is 0 Å². The molecule has 0 saturated carbocycles. The molecule has 0 radical (unpaired) electrons. The van der Waals surface area contributed by atoms with Crippen molar-refractivity contribution in [1.82, 2.24) is 4.57 Å². The van der Waals surface area contributed by atoms with Gasteiger partial charge in [-0.3, -0.25) is 0 Å². The molecule has 0 amide bonds. The molecular formula is C46H37N3. The van der Waals surface area contributed by atoms with Crippen molar-refractivity contribution >= 4 is 44.6 Å². The molecule has 0 N–H and O–H groups in total. The Morgan fingerprint density at radius 2 is 1.24 bits per heavy atom. The first kappa shape index (κ1) is 28.2. The molecule has 0 spiro atoms. The normalized spacial score (nSPS) is 15.8. The van der Waals surface area contributed by atoms with Gasteiger partial charge in [-0.2, -0.15) is 0 Å². The number of allylic oxidation sites excluding steroid dienone is 3. The highest BCUT2D eigenvalue weighted by atomic mass is 15.3. The van der Waals surface area contributed by atoms with Gasteiger partial charge in [0.25, 0.3) is 0 Å². The van der Waals surface area contributed by atoms with Gasteiger partial charge in [0.15, 0.2) is 0 Å². The van der Waals surface area contributed by atoms with Gasteiger partial charge in [0.2, 0.25) is 0 Å². The molecule has 6 aromatic carbocycles. The summed E-state index contributed by atoms with van der Waals surface area (Å²) in [5.41, 5.74) is 17.7. The summed E-state index contributed by atoms with van der Waals surface area (Å²) >= 11 is 0. The third kappa shape index (κ3) is 4.02. The number of hydrogen-bond donors (Lipinski definition) is 0. The van der Waals surface area contributed by atoms with Crippen molar-refractivity contribution in [3.63, 3.8) is 0 Å². The van der Waals surface area contributed by atoms with Crippen LogP contribution in [0.5, 0.6) is 0 Å². The number of aromatic nitrogens is 1. The van der Waals surface area contributed by atoms with Gasteiger partial charge in [-0.1, -0.05) is 92.2 Å². The molecule has 49 heavy (non-hydrogen) atoms. The van der Waals surface area contributed by atoms with Gasteiger partial charge < -0.3 is 14.4 Å². The molecule has 0 bridgehead atoms. The maximum Gasteiger partial charge on any atom is 0.0703 e. The Labute approximate surface area is 287 Å². The Balaban J connectivity index is 1.24. The Bertz CT molecular complexity index is 2530. The zero-order valence-corrected chi connectivity index (χ0v) is 28.1. The van der Waals surface area contributed by atoms with Gasteiger partial charge >= 0.3 is 0 Å². The molecule has 0 fully saturated rings. The van der Waals surface area contributed by atoms with Crippen LogP contribution >= 0.6 is 0 Å². The van der Waals surface area contributed by atoms with Gasteiger partial charge in [0.1, 0.15) is 0 Å². The molecule has 0 unspecified atom stereocenters. The van der Waals surface area contributed by atoms with E-state index in [1.54, 1.807) is 0 Å². The molecule has 10 rings (SSSR count). The summed E-state index contributed by atoms with van der Waals surface area (Å²) in [4.78, 5) is 4.96. The van der Waals surface area contributed by atoms with Crippen LogP contribution in [0.2, 0.25) is 0 Å². The monoisotopic (exact) mass is 631 g/mol. The minimum Gasteiger partial charge on any atom is -0.310 e. The quantitative estimate of drug-likeness (QED) is 0.192. The zero-order chi connectivity index (χ0) is 32.9. The molecule has 3 nitrogen and oxygen atoms in total. The predicted molar refractivity (Wildman–Crippen MR) is 206 cm³/mol. The van der Waals surface area contributed by atoms with Crippen LogP contribution in [0, 0.1) is 6.92 Å². The molecular weight excluding hydrogens is 595 g/mol. The molecule has 1 aliphatic heterocycles. The van der Waals surface area contributed by atoms with Gasteiger partial charge in [-0.05, 0) is 115 Å². The molecule has 2 aliphatic carbocycles. The van der Waals surface area contributed by atoms with E-state index in [1.807, 2.05) is 0 Å². The second-order valence-electron chi connectivity index (χ2n) is 14.2. The molecule has 3 aliphatic rings. The van der Waals surface area contributed by atoms with Crippen molar-refractivity contribution in [2.45, 2.75) is 39.0 Å². The lowest BCUT2D eigenvalue weighted by atomic mass is 9.82. The van der Waals surface area contributed by atoms with Crippen LogP contribution in [0.4, 0.5) is 22.7 Å². The van der Waals surface area contributed by atoms with Crippen LogP contribution in [0.1, 0.15) is 43.4 Å². The van der Waals surface area contributed by atoms with Crippen molar-refractivity contribution in [1.29, 1.82) is 0 Å². The van der Waals surface area contributed by atoms with Crippen LogP contribution in [0.25, 0.3) is 38.6 Å². The van der Waals surface area contributed by atoms with Crippen molar-refractivity contribution in [2.75, 3.05) is 9.80 Å². The molecule has 236 valence electrons. The Kier molecular flexibility index (Phi) is 5.96. The van der Waals surface area contributed by atoms with Gasteiger partial charge in [-0.25, -0.2) is 0 Å². The average Bonchev–Trinajstić information content (AvgIpc) is 3.57. The van der Waals surface area contributed by atoms with E-state index in [2.05, 4.69) is 181 Å². The number of para-hydroxylation sites is 3. The first-order valence-corrected chi connectivity index (χ1v) is 17.4. The highest BCUT2D eigenvalue weighted by Gasteiger charge is 2.37. The lowest BCUT2D eigenvalue weighted by Gasteiger charge is -2.42. The van der Waals surface area contributed by atoms with Gasteiger partial charge in [0, 0.05) is 38.9 Å². The first-order valence-electron chi connectivity index (χ1n) is 17.4. The fourth-order valence-corrected chi connectivity index (χ4v) is 8.65. The summed E-state index contributed by atoms with van der Waals surface area (Å²) in [5.74, 6) is 0. The summed E-state index contributed by atoms with van der Waals surface area (Å²) in [6, 6.07) is 49.6. The van der Waals surface area contributed by atoms with E-state index >= 15 is 0 Å². The summed E-state index contributed by atoms with van der Waals surface area (Å²) in [5, 5.41) is 2.56. The minimum atomic E-state index is -0.0741.